The predicted octanol–water partition coefficient (Wildman–Crippen LogP) is 21.4. The number of esters is 3. The monoisotopic (exact) mass is 1080 g/mol. The number of carbonyl (C=O) groups is 3. The molecule has 79 heavy (non-hydrogen) atoms. The highest BCUT2D eigenvalue weighted by atomic mass is 16.6. The molecular weight excluding hydrogens is 973 g/mol. The Bertz CT molecular complexity index is 1920. The number of carbonyl (C=O) groups excluding carboxylic acids is 3. The number of hydrogen-bond donors (Lipinski definition) is 0. The third-order valence-electron chi connectivity index (χ3n) is 12.1. The molecule has 0 aromatic rings. The zero-order valence-electron chi connectivity index (χ0n) is 50.0. The first kappa shape index (κ1) is 73.2. The van der Waals surface area contributed by atoms with Crippen LogP contribution < -0.4 is 0 Å². The van der Waals surface area contributed by atoms with E-state index in [9.17, 15) is 14.4 Å². The Morgan fingerprint density at radius 1 is 0.253 bits per heavy atom. The maximum Gasteiger partial charge on any atom is 0.306 e. The Kier molecular flexibility index (Phi) is 60.1. The highest BCUT2D eigenvalue weighted by molar-refractivity contribution is 5.71. The van der Waals surface area contributed by atoms with Gasteiger partial charge in [-0.1, -0.05) is 247 Å². The average molecular weight is 1080 g/mol. The first-order valence-electron chi connectivity index (χ1n) is 30.9. The van der Waals surface area contributed by atoms with Gasteiger partial charge in [-0.2, -0.15) is 0 Å². The van der Waals surface area contributed by atoms with Gasteiger partial charge in [-0.3, -0.25) is 14.4 Å². The lowest BCUT2D eigenvalue weighted by Gasteiger charge is -2.18. The standard InChI is InChI=1S/C73H110O6/c1-4-7-10-13-16-19-22-25-28-30-31-32-33-34-35-36-37-38-39-40-41-43-45-48-51-54-57-60-63-66-72(75)78-69-70(68-77-71(74)65-62-59-56-53-50-47-44-27-24-21-18-15-12-9-6-3)79-73(76)67-64-61-58-55-52-49-46-42-29-26-23-20-17-14-11-8-5-2/h7-12,16-21,25-29,31-32,34-35,37-38,40-41,44-46,48-49,55,58,70H,4-6,13-15,22-24,30,33,36,39,42-43,47,50-54,56-57,59-69H2,1-3H3/b10-7-,11-8-,12-9-,19-16-,20-17-,21-18-,28-25-,29-26-,32-31-,35-34-,38-37-,41-40-,44-27-,48-45-,49-46-,58-55-. The van der Waals surface area contributed by atoms with E-state index in [0.29, 0.717) is 19.3 Å². The summed E-state index contributed by atoms with van der Waals surface area (Å²) in [7, 11) is 0. The van der Waals surface area contributed by atoms with Gasteiger partial charge in [0.05, 0.1) is 0 Å². The van der Waals surface area contributed by atoms with Crippen LogP contribution in [0, 0.1) is 0 Å². The molecule has 438 valence electrons. The van der Waals surface area contributed by atoms with Crippen molar-refractivity contribution in [2.45, 2.75) is 232 Å². The molecule has 0 aliphatic heterocycles. The lowest BCUT2D eigenvalue weighted by Crippen LogP contribution is -2.30. The first-order chi connectivity index (χ1) is 39.0. The molecular formula is C73H110O6. The number of ether oxygens (including phenoxy) is 3. The zero-order chi connectivity index (χ0) is 57.1. The summed E-state index contributed by atoms with van der Waals surface area (Å²) in [6.45, 7) is 6.19. The van der Waals surface area contributed by atoms with Crippen LogP contribution in [-0.2, 0) is 28.6 Å². The van der Waals surface area contributed by atoms with Gasteiger partial charge in [0.1, 0.15) is 13.2 Å². The molecule has 6 heteroatoms. The third-order valence-corrected chi connectivity index (χ3v) is 12.1. The molecule has 0 aliphatic rings. The Hall–Kier alpha value is -5.75. The van der Waals surface area contributed by atoms with Crippen LogP contribution in [0.15, 0.2) is 194 Å². The van der Waals surface area contributed by atoms with Gasteiger partial charge in [0, 0.05) is 19.3 Å². The maximum absolute atomic E-state index is 12.9. The van der Waals surface area contributed by atoms with E-state index in [4.69, 9.17) is 14.2 Å². The minimum Gasteiger partial charge on any atom is -0.462 e. The number of unbranched alkanes of at least 4 members (excludes halogenated alkanes) is 10. The largest absolute Gasteiger partial charge is 0.462 e. The van der Waals surface area contributed by atoms with E-state index >= 15 is 0 Å². The molecule has 0 bridgehead atoms. The fourth-order valence-electron chi connectivity index (χ4n) is 7.57. The summed E-state index contributed by atoms with van der Waals surface area (Å²) in [5.74, 6) is -1.04. The van der Waals surface area contributed by atoms with Gasteiger partial charge in [0.15, 0.2) is 6.10 Å². The topological polar surface area (TPSA) is 78.9 Å². The van der Waals surface area contributed by atoms with E-state index in [1.165, 1.54) is 0 Å². The second-order valence-corrected chi connectivity index (χ2v) is 19.5. The van der Waals surface area contributed by atoms with Gasteiger partial charge in [0.2, 0.25) is 0 Å². The fraction of sp³-hybridized carbons (Fsp3) is 0.521. The van der Waals surface area contributed by atoms with E-state index < -0.39 is 6.10 Å². The van der Waals surface area contributed by atoms with Gasteiger partial charge in [-0.25, -0.2) is 0 Å². The Labute approximate surface area is 484 Å². The minimum absolute atomic E-state index is 0.129. The molecule has 0 saturated heterocycles. The molecule has 0 N–H and O–H groups in total. The fourth-order valence-corrected chi connectivity index (χ4v) is 7.57. The SMILES string of the molecule is CC/C=C\C/C=C\C/C=C\C/C=C\C/C=C\C/C=C\C/C=C\C/C=C\CCCCCCC(=O)OCC(COC(=O)CCCCCCC/C=C\C/C=C\C/C=C\CC)OC(=O)CCC/C=C\C/C=C\C/C=C\C/C=C\C/C=C\CC. The van der Waals surface area contributed by atoms with Crippen LogP contribution in [0.25, 0.3) is 0 Å². The number of hydrogen-bond acceptors (Lipinski definition) is 6. The molecule has 1 unspecified atom stereocenters. The highest BCUT2D eigenvalue weighted by Crippen LogP contribution is 2.12. The van der Waals surface area contributed by atoms with Crippen molar-refractivity contribution in [1.29, 1.82) is 0 Å². The van der Waals surface area contributed by atoms with Gasteiger partial charge in [-0.15, -0.1) is 0 Å². The van der Waals surface area contributed by atoms with Crippen molar-refractivity contribution in [3.8, 4) is 0 Å². The van der Waals surface area contributed by atoms with Crippen LogP contribution in [0.4, 0.5) is 0 Å². The van der Waals surface area contributed by atoms with E-state index in [2.05, 4.69) is 215 Å². The summed E-state index contributed by atoms with van der Waals surface area (Å²) in [6.07, 6.45) is 98.6. The number of allylic oxidation sites excluding steroid dienone is 32. The van der Waals surface area contributed by atoms with Crippen LogP contribution in [-0.4, -0.2) is 37.2 Å². The van der Waals surface area contributed by atoms with Gasteiger partial charge < -0.3 is 14.2 Å². The van der Waals surface area contributed by atoms with Crippen molar-refractivity contribution in [3.63, 3.8) is 0 Å². The number of rotatable bonds is 53. The predicted molar refractivity (Wildman–Crippen MR) is 343 cm³/mol. The van der Waals surface area contributed by atoms with Crippen LogP contribution >= 0.6 is 0 Å². The molecule has 6 nitrogen and oxygen atoms in total. The summed E-state index contributed by atoms with van der Waals surface area (Å²) in [6, 6.07) is 0. The van der Waals surface area contributed by atoms with Crippen molar-refractivity contribution >= 4 is 17.9 Å². The third kappa shape index (κ3) is 63.0. The molecule has 0 amide bonds. The lowest BCUT2D eigenvalue weighted by atomic mass is 10.1. The van der Waals surface area contributed by atoms with Crippen molar-refractivity contribution in [2.24, 2.45) is 0 Å². The van der Waals surface area contributed by atoms with Crippen LogP contribution in [0.5, 0.6) is 0 Å². The molecule has 0 aliphatic carbocycles. The van der Waals surface area contributed by atoms with Crippen molar-refractivity contribution in [1.82, 2.24) is 0 Å². The molecule has 0 rings (SSSR count). The molecule has 0 spiro atoms. The normalized spacial score (nSPS) is 13.5. The van der Waals surface area contributed by atoms with Crippen LogP contribution in [0.1, 0.15) is 226 Å². The quantitative estimate of drug-likeness (QED) is 0.0261. The maximum atomic E-state index is 12.9. The minimum atomic E-state index is -0.839. The van der Waals surface area contributed by atoms with Gasteiger partial charge in [0.25, 0.3) is 0 Å². The van der Waals surface area contributed by atoms with Crippen molar-refractivity contribution in [3.05, 3.63) is 194 Å². The summed E-state index contributed by atoms with van der Waals surface area (Å²) in [5.41, 5.74) is 0. The average Bonchev–Trinajstić information content (AvgIpc) is 3.45. The molecule has 1 atom stereocenters. The van der Waals surface area contributed by atoms with E-state index in [1.807, 2.05) is 0 Å². The van der Waals surface area contributed by atoms with E-state index in [0.717, 1.165) is 180 Å². The first-order valence-corrected chi connectivity index (χ1v) is 30.9. The van der Waals surface area contributed by atoms with Crippen molar-refractivity contribution < 1.29 is 28.6 Å². The molecule has 0 aromatic heterocycles. The Morgan fingerprint density at radius 3 is 0.747 bits per heavy atom. The zero-order valence-corrected chi connectivity index (χ0v) is 50.0. The molecule has 0 fully saturated rings. The van der Waals surface area contributed by atoms with Crippen molar-refractivity contribution in [2.75, 3.05) is 13.2 Å². The smallest absolute Gasteiger partial charge is 0.306 e. The van der Waals surface area contributed by atoms with Crippen LogP contribution in [0.3, 0.4) is 0 Å². The molecule has 0 heterocycles. The Balaban J connectivity index is 4.52. The van der Waals surface area contributed by atoms with Gasteiger partial charge >= 0.3 is 17.9 Å². The van der Waals surface area contributed by atoms with E-state index in [1.54, 1.807) is 0 Å². The lowest BCUT2D eigenvalue weighted by molar-refractivity contribution is -0.167. The summed E-state index contributed by atoms with van der Waals surface area (Å²) >= 11 is 0. The highest BCUT2D eigenvalue weighted by Gasteiger charge is 2.19. The second-order valence-electron chi connectivity index (χ2n) is 19.5. The molecule has 0 aromatic carbocycles. The summed E-state index contributed by atoms with van der Waals surface area (Å²) < 4.78 is 16.8. The molecule has 0 radical (unpaired) electrons. The van der Waals surface area contributed by atoms with Crippen LogP contribution in [0.2, 0.25) is 0 Å². The molecule has 0 saturated carbocycles. The van der Waals surface area contributed by atoms with E-state index in [-0.39, 0.29) is 37.5 Å². The van der Waals surface area contributed by atoms with Gasteiger partial charge in [-0.05, 0) is 154 Å². The Morgan fingerprint density at radius 2 is 0.468 bits per heavy atom. The summed E-state index contributed by atoms with van der Waals surface area (Å²) in [4.78, 5) is 38.2. The second kappa shape index (κ2) is 64.8. The summed E-state index contributed by atoms with van der Waals surface area (Å²) in [5, 5.41) is 0.